The molecule has 0 radical (unpaired) electrons. The summed E-state index contributed by atoms with van der Waals surface area (Å²) >= 11 is 0. The van der Waals surface area contributed by atoms with Crippen LogP contribution in [0.4, 0.5) is 0 Å². The third-order valence-corrected chi connectivity index (χ3v) is 6.75. The van der Waals surface area contributed by atoms with E-state index in [4.69, 9.17) is 19.9 Å². The lowest BCUT2D eigenvalue weighted by Gasteiger charge is -2.18. The fraction of sp³-hybridized carbons (Fsp3) is 0.861. The predicted octanol–water partition coefficient (Wildman–Crippen LogP) is 6.42. The minimum Gasteiger partial charge on any atom is -0.463 e. The van der Waals surface area contributed by atoms with E-state index in [1.165, 1.54) is 6.92 Å². The molecule has 0 aliphatic carbocycles. The van der Waals surface area contributed by atoms with Gasteiger partial charge in [0.05, 0.1) is 30.3 Å². The van der Waals surface area contributed by atoms with E-state index in [0.717, 1.165) is 25.8 Å². The van der Waals surface area contributed by atoms with Gasteiger partial charge in [0.25, 0.3) is 0 Å². The van der Waals surface area contributed by atoms with Gasteiger partial charge in [-0.05, 0) is 86.6 Å². The van der Waals surface area contributed by atoms with Crippen LogP contribution in [0.3, 0.4) is 0 Å². The summed E-state index contributed by atoms with van der Waals surface area (Å²) in [4.78, 5) is 55.7. The van der Waals surface area contributed by atoms with Crippen LogP contribution in [0, 0.1) is 23.7 Å². The third kappa shape index (κ3) is 29.3. The molecule has 0 bridgehead atoms. The summed E-state index contributed by atoms with van der Waals surface area (Å²) in [5, 5.41) is 3.09. The van der Waals surface area contributed by atoms with Crippen LogP contribution in [0.25, 0.3) is 0 Å². The highest BCUT2D eigenvalue weighted by Crippen LogP contribution is 2.17. The Balaban J connectivity index is -0.000000270. The summed E-state index contributed by atoms with van der Waals surface area (Å²) < 4.78 is 19.7. The number of carbonyl (C=O) groups is 5. The summed E-state index contributed by atoms with van der Waals surface area (Å²) in [6, 6.07) is -0.519. The Kier molecular flexibility index (Phi) is 31.1. The topological polar surface area (TPSA) is 160 Å². The van der Waals surface area contributed by atoms with E-state index in [1.807, 2.05) is 90.0 Å². The zero-order chi connectivity index (χ0) is 36.7. The molecular formula is C36H72N2O9. The lowest BCUT2D eigenvalue weighted by Crippen LogP contribution is -2.39. The van der Waals surface area contributed by atoms with Crippen LogP contribution in [0.15, 0.2) is 0 Å². The summed E-state index contributed by atoms with van der Waals surface area (Å²) in [7, 11) is 0. The number of nitrogens with one attached hydrogen (secondary N) is 1. The van der Waals surface area contributed by atoms with Crippen LogP contribution in [0.5, 0.6) is 0 Å². The van der Waals surface area contributed by atoms with Crippen LogP contribution in [-0.2, 0) is 42.9 Å². The van der Waals surface area contributed by atoms with Gasteiger partial charge in [-0.15, -0.1) is 0 Å². The number of nitrogens with two attached hydrogens (primary N) is 1. The molecule has 47 heavy (non-hydrogen) atoms. The second-order valence-corrected chi connectivity index (χ2v) is 13.3. The second kappa shape index (κ2) is 28.5. The highest BCUT2D eigenvalue weighted by molar-refractivity contribution is 5.85. The molecule has 0 aromatic heterocycles. The molecule has 1 unspecified atom stereocenters. The molecule has 11 nitrogen and oxygen atoms in total. The fourth-order valence-corrected chi connectivity index (χ4v) is 3.62. The lowest BCUT2D eigenvalue weighted by molar-refractivity contribution is -0.153. The highest BCUT2D eigenvalue weighted by atomic mass is 16.6. The fourth-order valence-electron chi connectivity index (χ4n) is 3.62. The van der Waals surface area contributed by atoms with Crippen molar-refractivity contribution in [3.8, 4) is 0 Å². The highest BCUT2D eigenvalue weighted by Gasteiger charge is 2.25. The van der Waals surface area contributed by atoms with E-state index in [0.29, 0.717) is 5.92 Å². The Morgan fingerprint density at radius 2 is 1.17 bits per heavy atom. The molecule has 11 heteroatoms. The van der Waals surface area contributed by atoms with Gasteiger partial charge in [-0.2, -0.15) is 0 Å². The van der Waals surface area contributed by atoms with Crippen molar-refractivity contribution in [1.29, 1.82) is 0 Å². The summed E-state index contributed by atoms with van der Waals surface area (Å²) in [5.74, 6) is -0.558. The van der Waals surface area contributed by atoms with Crippen LogP contribution < -0.4 is 11.1 Å². The van der Waals surface area contributed by atoms with Gasteiger partial charge in [0.15, 0.2) is 0 Å². The average Bonchev–Trinajstić information content (AvgIpc) is 3.46. The Hall–Kier alpha value is -2.53. The first kappa shape index (κ1) is 51.3. The van der Waals surface area contributed by atoms with Gasteiger partial charge < -0.3 is 30.0 Å². The van der Waals surface area contributed by atoms with Crippen LogP contribution >= 0.6 is 0 Å². The summed E-state index contributed by atoms with van der Waals surface area (Å²) in [6.45, 7) is 28.6. The van der Waals surface area contributed by atoms with Crippen molar-refractivity contribution in [1.82, 2.24) is 5.32 Å². The zero-order valence-electron chi connectivity index (χ0n) is 31.6. The molecule has 1 rings (SSSR count). The van der Waals surface area contributed by atoms with E-state index in [9.17, 15) is 24.0 Å². The van der Waals surface area contributed by atoms with Crippen LogP contribution in [-0.4, -0.2) is 72.7 Å². The van der Waals surface area contributed by atoms with Crippen molar-refractivity contribution in [3.05, 3.63) is 0 Å². The van der Waals surface area contributed by atoms with E-state index < -0.39 is 6.04 Å². The van der Waals surface area contributed by atoms with Gasteiger partial charge in [0, 0.05) is 19.3 Å². The molecule has 1 saturated heterocycles. The number of rotatable bonds is 13. The predicted molar refractivity (Wildman–Crippen MR) is 189 cm³/mol. The largest absolute Gasteiger partial charge is 0.463 e. The second-order valence-electron chi connectivity index (χ2n) is 13.3. The van der Waals surface area contributed by atoms with Gasteiger partial charge in [0.2, 0.25) is 0 Å². The molecule has 1 fully saturated rings. The van der Waals surface area contributed by atoms with Crippen molar-refractivity contribution >= 4 is 29.7 Å². The molecule has 0 amide bonds. The Labute approximate surface area is 287 Å². The van der Waals surface area contributed by atoms with Gasteiger partial charge in [-0.3, -0.25) is 24.0 Å². The first-order chi connectivity index (χ1) is 21.1. The molecule has 5 atom stereocenters. The molecular weight excluding hydrogens is 604 g/mol. The lowest BCUT2D eigenvalue weighted by atomic mass is 9.89. The van der Waals surface area contributed by atoms with Crippen molar-refractivity contribution in [3.63, 3.8) is 0 Å². The quantitative estimate of drug-likeness (QED) is 0.164. The Morgan fingerprint density at radius 1 is 0.723 bits per heavy atom. The van der Waals surface area contributed by atoms with Crippen molar-refractivity contribution in [2.45, 2.75) is 173 Å². The van der Waals surface area contributed by atoms with Gasteiger partial charge >= 0.3 is 23.9 Å². The van der Waals surface area contributed by atoms with Gasteiger partial charge in [-0.25, -0.2) is 0 Å². The van der Waals surface area contributed by atoms with E-state index in [-0.39, 0.29) is 91.7 Å². The standard InChI is InChI=1S/C13H24O3.C9H19NO2.C8H15NO2.C5H10O2.CH4/c1-8(2)11(6)12(14)7-10(5)13(15)16-9(3)4;1-5-7(4)8(10)9(11)12-6(2)3;1-6(2)11-8(10)7-4-3-5-9-7;1-4(2)7-5(3)6;/h8-11H,7H2,1-6H3;6-8H,5,10H2,1-4H3;6-7,9H,3-5H2,1-2H3;4H,1-3H3;1H4/t10-,11+;7?,8-;7-;;/m100../s1. The molecule has 0 spiro atoms. The smallest absolute Gasteiger partial charge is 0.323 e. The van der Waals surface area contributed by atoms with Gasteiger partial charge in [0.1, 0.15) is 17.9 Å². The van der Waals surface area contributed by atoms with E-state index >= 15 is 0 Å². The third-order valence-electron chi connectivity index (χ3n) is 6.75. The molecule has 3 N–H and O–H groups in total. The maximum Gasteiger partial charge on any atom is 0.323 e. The molecule has 1 aliphatic rings. The number of hydrogen-bond acceptors (Lipinski definition) is 11. The Bertz CT molecular complexity index is 867. The van der Waals surface area contributed by atoms with E-state index in [1.54, 1.807) is 6.92 Å². The number of esters is 4. The number of hydrogen-bond donors (Lipinski definition) is 2. The monoisotopic (exact) mass is 677 g/mol. The number of Topliss-reactive ketones (excluding diaryl/α,β-unsaturated/α-hetero) is 1. The first-order valence-electron chi connectivity index (χ1n) is 16.9. The molecule has 0 saturated carbocycles. The number of ketones is 1. The zero-order valence-corrected chi connectivity index (χ0v) is 31.6. The Morgan fingerprint density at radius 3 is 1.49 bits per heavy atom. The minimum absolute atomic E-state index is 0. The number of ether oxygens (including phenoxy) is 4. The normalized spacial score (nSPS) is 16.1. The molecule has 280 valence electrons. The first-order valence-corrected chi connectivity index (χ1v) is 16.9. The van der Waals surface area contributed by atoms with Crippen molar-refractivity contribution < 1.29 is 42.9 Å². The summed E-state index contributed by atoms with van der Waals surface area (Å²) in [6.07, 6.45) is 3.02. The number of carbonyl (C=O) groups excluding carboxylic acids is 5. The minimum atomic E-state index is -0.475. The van der Waals surface area contributed by atoms with Crippen molar-refractivity contribution in [2.75, 3.05) is 6.54 Å². The molecule has 0 aromatic rings. The molecule has 0 aromatic carbocycles. The summed E-state index contributed by atoms with van der Waals surface area (Å²) in [5.41, 5.74) is 5.64. The average molecular weight is 677 g/mol. The van der Waals surface area contributed by atoms with Gasteiger partial charge in [-0.1, -0.05) is 55.4 Å². The van der Waals surface area contributed by atoms with Crippen LogP contribution in [0.2, 0.25) is 0 Å². The SMILES string of the molecule is C.CC(=O)OC(C)C.CC(C)OC(=O)[C@@H]1CCCN1.CC(C)OC(=O)[C@H](C)CC(=O)[C@@H](C)C(C)C.CCC(C)[C@H](N)C(=O)OC(C)C. The molecule has 1 aliphatic heterocycles. The maximum absolute atomic E-state index is 11.8. The maximum atomic E-state index is 11.8. The molecule has 1 heterocycles. The van der Waals surface area contributed by atoms with E-state index in [2.05, 4.69) is 10.1 Å². The van der Waals surface area contributed by atoms with Crippen LogP contribution in [0.1, 0.15) is 137 Å². The van der Waals surface area contributed by atoms with Crippen molar-refractivity contribution in [2.24, 2.45) is 29.4 Å².